The Balaban J connectivity index is 1.97. The summed E-state index contributed by atoms with van der Waals surface area (Å²) in [6.07, 6.45) is 1.43. The van der Waals surface area contributed by atoms with Gasteiger partial charge in [-0.05, 0) is 31.0 Å². The van der Waals surface area contributed by atoms with Crippen molar-refractivity contribution in [3.63, 3.8) is 0 Å². The van der Waals surface area contributed by atoms with Crippen molar-refractivity contribution in [2.24, 2.45) is 5.92 Å². The number of nitrogens with zero attached hydrogens (tertiary/aromatic N) is 1. The van der Waals surface area contributed by atoms with Gasteiger partial charge in [0, 0.05) is 25.6 Å². The van der Waals surface area contributed by atoms with Crippen LogP contribution in [0.3, 0.4) is 0 Å². The number of carbonyl (C=O) groups is 3. The van der Waals surface area contributed by atoms with E-state index in [1.165, 1.54) is 19.1 Å². The summed E-state index contributed by atoms with van der Waals surface area (Å²) in [5, 5.41) is 5.41. The van der Waals surface area contributed by atoms with Gasteiger partial charge in [-0.2, -0.15) is 0 Å². The van der Waals surface area contributed by atoms with Gasteiger partial charge in [-0.3, -0.25) is 14.4 Å². The fourth-order valence-corrected chi connectivity index (χ4v) is 4.49. The number of hydrogen-bond acceptors (Lipinski definition) is 5. The molecule has 0 radical (unpaired) electrons. The van der Waals surface area contributed by atoms with Crippen molar-refractivity contribution in [1.29, 1.82) is 0 Å². The predicted molar refractivity (Wildman–Crippen MR) is 97.1 cm³/mol. The Morgan fingerprint density at radius 3 is 2.42 bits per heavy atom. The molecule has 0 bridgehead atoms. The van der Waals surface area contributed by atoms with Crippen LogP contribution in [0.1, 0.15) is 37.0 Å². The second-order valence-electron chi connectivity index (χ2n) is 6.28. The minimum atomic E-state index is -3.70. The minimum Gasteiger partial charge on any atom is -0.356 e. The van der Waals surface area contributed by atoms with Crippen molar-refractivity contribution in [2.45, 2.75) is 26.7 Å². The van der Waals surface area contributed by atoms with Crippen LogP contribution < -0.4 is 14.9 Å². The number of hydrogen-bond donors (Lipinski definition) is 2. The lowest BCUT2D eigenvalue weighted by Crippen LogP contribution is -2.31. The first-order valence-electron chi connectivity index (χ1n) is 8.42. The zero-order valence-electron chi connectivity index (χ0n) is 14.8. The van der Waals surface area contributed by atoms with E-state index in [1.54, 1.807) is 19.1 Å². The van der Waals surface area contributed by atoms with Crippen LogP contribution in [0.25, 0.3) is 0 Å². The average molecular weight is 381 g/mol. The minimum absolute atomic E-state index is 0.0911. The van der Waals surface area contributed by atoms with Crippen LogP contribution in [-0.4, -0.2) is 45.0 Å². The van der Waals surface area contributed by atoms with Gasteiger partial charge in [-0.15, -0.1) is 0 Å². The number of nitrogens with one attached hydrogen (secondary N) is 2. The maximum atomic E-state index is 12.2. The van der Waals surface area contributed by atoms with Gasteiger partial charge >= 0.3 is 0 Å². The number of benzene rings is 1. The van der Waals surface area contributed by atoms with Gasteiger partial charge in [0.2, 0.25) is 21.8 Å². The van der Waals surface area contributed by atoms with E-state index in [4.69, 9.17) is 0 Å². The van der Waals surface area contributed by atoms with Crippen molar-refractivity contribution < 1.29 is 22.8 Å². The summed E-state index contributed by atoms with van der Waals surface area (Å²) in [4.78, 5) is 35.1. The lowest BCUT2D eigenvalue weighted by atomic mass is 10.1. The van der Waals surface area contributed by atoms with E-state index in [-0.39, 0.29) is 28.8 Å². The molecule has 0 spiro atoms. The fourth-order valence-electron chi connectivity index (χ4n) is 2.68. The molecule has 0 saturated carbocycles. The highest BCUT2D eigenvalue weighted by atomic mass is 32.2. The molecule has 1 unspecified atom stereocenters. The Kier molecular flexibility index (Phi) is 6.36. The molecule has 3 amide bonds. The Hall–Kier alpha value is -2.42. The Morgan fingerprint density at radius 2 is 1.85 bits per heavy atom. The van der Waals surface area contributed by atoms with Gasteiger partial charge in [0.15, 0.2) is 0 Å². The van der Waals surface area contributed by atoms with Gasteiger partial charge in [0.05, 0.1) is 17.4 Å². The highest BCUT2D eigenvalue weighted by Crippen LogP contribution is 2.28. The molecule has 1 aromatic carbocycles. The monoisotopic (exact) mass is 381 g/mol. The number of carbonyl (C=O) groups excluding carboxylic acids is 3. The number of amides is 3. The first-order chi connectivity index (χ1) is 12.2. The van der Waals surface area contributed by atoms with E-state index in [1.807, 2.05) is 0 Å². The Labute approximate surface area is 153 Å². The molecule has 1 atom stereocenters. The van der Waals surface area contributed by atoms with Crippen LogP contribution in [0.5, 0.6) is 0 Å². The third kappa shape index (κ3) is 4.81. The normalized spacial score (nSPS) is 18.6. The Morgan fingerprint density at radius 1 is 1.19 bits per heavy atom. The molecular formula is C17H23N3O5S. The van der Waals surface area contributed by atoms with E-state index >= 15 is 0 Å². The van der Waals surface area contributed by atoms with Crippen LogP contribution in [-0.2, 0) is 19.6 Å². The number of anilines is 1. The van der Waals surface area contributed by atoms with Gasteiger partial charge < -0.3 is 10.6 Å². The van der Waals surface area contributed by atoms with Crippen molar-refractivity contribution in [1.82, 2.24) is 10.6 Å². The largest absolute Gasteiger partial charge is 0.356 e. The zero-order chi connectivity index (χ0) is 19.3. The van der Waals surface area contributed by atoms with Crippen LogP contribution in [0.4, 0.5) is 5.69 Å². The van der Waals surface area contributed by atoms with Crippen molar-refractivity contribution in [3.05, 3.63) is 29.8 Å². The second-order valence-corrected chi connectivity index (χ2v) is 8.14. The van der Waals surface area contributed by atoms with Crippen molar-refractivity contribution in [3.8, 4) is 0 Å². The third-order valence-corrected chi connectivity index (χ3v) is 5.83. The van der Waals surface area contributed by atoms with Crippen molar-refractivity contribution in [2.75, 3.05) is 23.1 Å². The first kappa shape index (κ1) is 19.9. The summed E-state index contributed by atoms with van der Waals surface area (Å²) in [6.45, 7) is 3.99. The molecule has 142 valence electrons. The van der Waals surface area contributed by atoms with E-state index in [0.29, 0.717) is 19.5 Å². The molecule has 0 aromatic heterocycles. The molecule has 8 nitrogen and oxygen atoms in total. The topological polar surface area (TPSA) is 113 Å². The Bertz CT molecular complexity index is 806. The molecule has 2 rings (SSSR count). The quantitative estimate of drug-likeness (QED) is 0.673. The molecule has 0 aliphatic carbocycles. The molecule has 2 N–H and O–H groups in total. The van der Waals surface area contributed by atoms with Crippen LogP contribution in [0.2, 0.25) is 0 Å². The molecule has 1 aliphatic heterocycles. The first-order valence-corrected chi connectivity index (χ1v) is 10.0. The summed E-state index contributed by atoms with van der Waals surface area (Å²) in [5.41, 5.74) is 0.463. The van der Waals surface area contributed by atoms with Crippen LogP contribution >= 0.6 is 0 Å². The number of rotatable bonds is 7. The summed E-state index contributed by atoms with van der Waals surface area (Å²) in [7, 11) is -3.70. The maximum Gasteiger partial charge on any atom is 0.251 e. The van der Waals surface area contributed by atoms with E-state index in [0.717, 1.165) is 10.7 Å². The summed E-state index contributed by atoms with van der Waals surface area (Å²) < 4.78 is 25.1. The summed E-state index contributed by atoms with van der Waals surface area (Å²) in [6, 6.07) is 6.01. The third-order valence-electron chi connectivity index (χ3n) is 3.97. The standard InChI is InChI=1S/C17H23N3O5S/c1-12-11-26(24,25)20(17(12)23)15-7-5-6-14(10-15)16(22)19-9-4-3-8-18-13(2)21/h5-7,10,12H,3-4,8-9,11H2,1-2H3,(H,18,21)(H,19,22). The molecule has 26 heavy (non-hydrogen) atoms. The lowest BCUT2D eigenvalue weighted by molar-refractivity contribution is -0.120. The highest BCUT2D eigenvalue weighted by Gasteiger charge is 2.42. The lowest BCUT2D eigenvalue weighted by Gasteiger charge is -2.16. The van der Waals surface area contributed by atoms with Gasteiger partial charge in [0.1, 0.15) is 0 Å². The predicted octanol–water partition coefficient (Wildman–Crippen LogP) is 0.645. The molecule has 1 heterocycles. The summed E-state index contributed by atoms with van der Waals surface area (Å²) >= 11 is 0. The van der Waals surface area contributed by atoms with Crippen molar-refractivity contribution >= 4 is 33.4 Å². The average Bonchev–Trinajstić information content (AvgIpc) is 2.77. The van der Waals surface area contributed by atoms with Gasteiger partial charge in [0.25, 0.3) is 5.91 Å². The smallest absolute Gasteiger partial charge is 0.251 e. The van der Waals surface area contributed by atoms with Gasteiger partial charge in [-0.1, -0.05) is 13.0 Å². The van der Waals surface area contributed by atoms with Gasteiger partial charge in [-0.25, -0.2) is 12.7 Å². The molecular weight excluding hydrogens is 358 g/mol. The summed E-state index contributed by atoms with van der Waals surface area (Å²) in [5.74, 6) is -1.74. The van der Waals surface area contributed by atoms with E-state index in [2.05, 4.69) is 10.6 Å². The molecule has 1 fully saturated rings. The van der Waals surface area contributed by atoms with Crippen LogP contribution in [0, 0.1) is 5.92 Å². The maximum absolute atomic E-state index is 12.2. The second kappa shape index (κ2) is 8.31. The SMILES string of the molecule is CC(=O)NCCCCNC(=O)c1cccc(N2C(=O)C(C)CS2(=O)=O)c1. The molecule has 1 aliphatic rings. The van der Waals surface area contributed by atoms with E-state index < -0.39 is 21.8 Å². The van der Waals surface area contributed by atoms with E-state index in [9.17, 15) is 22.8 Å². The highest BCUT2D eigenvalue weighted by molar-refractivity contribution is 7.94. The molecule has 1 saturated heterocycles. The molecule has 9 heteroatoms. The van der Waals surface area contributed by atoms with Crippen LogP contribution in [0.15, 0.2) is 24.3 Å². The number of unbranched alkanes of at least 4 members (excludes halogenated alkanes) is 1. The molecule has 1 aromatic rings. The fraction of sp³-hybridized carbons (Fsp3) is 0.471. The zero-order valence-corrected chi connectivity index (χ0v) is 15.6. The number of sulfonamides is 1.